The summed E-state index contributed by atoms with van der Waals surface area (Å²) >= 11 is 0. The fourth-order valence-electron chi connectivity index (χ4n) is 9.91. The van der Waals surface area contributed by atoms with Gasteiger partial charge in [0.25, 0.3) is 23.3 Å². The Morgan fingerprint density at radius 1 is 0.362 bits per heavy atom. The van der Waals surface area contributed by atoms with Crippen molar-refractivity contribution in [1.82, 2.24) is 27.3 Å². The molecule has 0 spiro atoms. The first-order valence-corrected chi connectivity index (χ1v) is 20.6. The predicted molar refractivity (Wildman–Crippen MR) is 225 cm³/mol. The second kappa shape index (κ2) is 13.0. The van der Waals surface area contributed by atoms with E-state index in [1.165, 1.54) is 22.3 Å². The fourth-order valence-corrected chi connectivity index (χ4v) is 9.91. The largest absolute Gasteiger partial charge is 0.297 e. The van der Waals surface area contributed by atoms with Crippen molar-refractivity contribution in [3.05, 3.63) is 96.6 Å². The second-order valence-electron chi connectivity index (χ2n) is 15.7. The standard InChI is InChI=1S/C46H54N12/c1-11-53-27-23-47(5)43(53)39-31-15-16-32(51(31)9)40(44-48(6)24-28-54(44)12-2)37-21-22-38-42(46-50(8)26-30-56(46)14-4)34-18-17-33(52(34)10)41(45-49(7)25-29-55(45)13-3)36-20-19-35(39)57(36)58(37)38/h15-30H,11-14H2,1-10H3/q+6. The van der Waals surface area contributed by atoms with Crippen LogP contribution in [0.25, 0.3) is 91.9 Å². The van der Waals surface area contributed by atoms with E-state index in [4.69, 9.17) is 0 Å². The Morgan fingerprint density at radius 2 is 0.586 bits per heavy atom. The highest BCUT2D eigenvalue weighted by Gasteiger charge is 2.39. The number of hydrogen-bond acceptors (Lipinski definition) is 0. The van der Waals surface area contributed by atoms with Crippen LogP contribution >= 0.6 is 0 Å². The number of nitrogens with zero attached hydrogens (tertiary/aromatic N) is 12. The minimum Gasteiger partial charge on any atom is -0.247 e. The molecule has 12 heteroatoms. The molecule has 0 aromatic carbocycles. The van der Waals surface area contributed by atoms with Crippen LogP contribution < -0.4 is 27.4 Å². The van der Waals surface area contributed by atoms with Gasteiger partial charge in [0.05, 0.1) is 76.4 Å². The summed E-state index contributed by atoms with van der Waals surface area (Å²) in [7, 11) is 13.2. The van der Waals surface area contributed by atoms with Gasteiger partial charge in [0.15, 0.2) is 22.3 Å². The molecule has 0 aliphatic carbocycles. The molecule has 8 aromatic rings. The number of aryl methyl sites for hydroxylation is 8. The summed E-state index contributed by atoms with van der Waals surface area (Å²) in [6.45, 7) is 12.3. The number of aromatic nitrogens is 12. The fraction of sp³-hybridized carbons (Fsp3) is 0.304. The van der Waals surface area contributed by atoms with Gasteiger partial charge in [0, 0.05) is 24.3 Å². The molecule has 2 aliphatic rings. The first kappa shape index (κ1) is 35.8. The first-order valence-electron chi connectivity index (χ1n) is 20.6. The molecule has 10 rings (SSSR count). The van der Waals surface area contributed by atoms with E-state index in [0.29, 0.717) is 0 Å². The van der Waals surface area contributed by atoms with E-state index in [0.717, 1.165) is 94.3 Å². The molecule has 2 aliphatic heterocycles. The van der Waals surface area contributed by atoms with Crippen molar-refractivity contribution in [2.45, 2.75) is 53.9 Å². The van der Waals surface area contributed by atoms with Crippen LogP contribution in [0.3, 0.4) is 0 Å². The molecule has 0 saturated heterocycles. The molecule has 0 amide bonds. The molecule has 0 N–H and O–H groups in total. The average Bonchev–Trinajstić information content (AvgIpc) is 4.10. The average molecular weight is 775 g/mol. The van der Waals surface area contributed by atoms with Crippen LogP contribution in [0.4, 0.5) is 0 Å². The molecular formula is C46H54N12+6. The Hall–Kier alpha value is -6.56. The summed E-state index contributed by atoms with van der Waals surface area (Å²) in [6.07, 6.45) is 26.9. The maximum atomic E-state index is 2.54. The van der Waals surface area contributed by atoms with Crippen LogP contribution in [0, 0.1) is 0 Å². The minimum atomic E-state index is 0.841. The smallest absolute Gasteiger partial charge is 0.247 e. The lowest BCUT2D eigenvalue weighted by atomic mass is 10.1. The second-order valence-corrected chi connectivity index (χ2v) is 15.7. The first-order chi connectivity index (χ1) is 28.1. The monoisotopic (exact) mass is 774 g/mol. The van der Waals surface area contributed by atoms with Gasteiger partial charge in [-0.3, -0.25) is 0 Å². The van der Waals surface area contributed by atoms with Crippen molar-refractivity contribution < 1.29 is 27.4 Å². The Bertz CT molecular complexity index is 2770. The van der Waals surface area contributed by atoms with Gasteiger partial charge in [0.2, 0.25) is 22.8 Å². The highest BCUT2D eigenvalue weighted by molar-refractivity contribution is 5.97. The zero-order chi connectivity index (χ0) is 40.3. The molecule has 292 valence electrons. The summed E-state index contributed by atoms with van der Waals surface area (Å²) in [5, 5.41) is 0. The molecule has 0 unspecified atom stereocenters. The van der Waals surface area contributed by atoms with Crippen molar-refractivity contribution in [3.63, 3.8) is 0 Å². The van der Waals surface area contributed by atoms with Gasteiger partial charge >= 0.3 is 0 Å². The Balaban J connectivity index is 1.63. The summed E-state index contributed by atoms with van der Waals surface area (Å²) in [5.41, 5.74) is 13.7. The third kappa shape index (κ3) is 4.68. The van der Waals surface area contributed by atoms with Crippen molar-refractivity contribution in [1.29, 1.82) is 0 Å². The molecule has 10 heterocycles. The quantitative estimate of drug-likeness (QED) is 0.207. The molecule has 0 saturated carbocycles. The molecule has 0 radical (unpaired) electrons. The lowest BCUT2D eigenvalue weighted by Crippen LogP contribution is -2.37. The van der Waals surface area contributed by atoms with E-state index in [1.54, 1.807) is 0 Å². The summed E-state index contributed by atoms with van der Waals surface area (Å²) in [4.78, 5) is 0. The van der Waals surface area contributed by atoms with Gasteiger partial charge in [0.1, 0.15) is 63.7 Å². The minimum absolute atomic E-state index is 0.841. The highest BCUT2D eigenvalue weighted by atomic mass is 15.3. The normalized spacial score (nSPS) is 12.8. The summed E-state index contributed by atoms with van der Waals surface area (Å²) in [6, 6.07) is 9.43. The summed E-state index contributed by atoms with van der Waals surface area (Å²) in [5.74, 6) is 4.60. The third-order valence-corrected chi connectivity index (χ3v) is 12.8. The maximum absolute atomic E-state index is 2.54. The van der Waals surface area contributed by atoms with E-state index < -0.39 is 0 Å². The zero-order valence-electron chi connectivity index (χ0n) is 35.4. The Morgan fingerprint density at radius 3 is 0.793 bits per heavy atom. The van der Waals surface area contributed by atoms with Gasteiger partial charge in [-0.25, -0.2) is 45.6 Å². The SMILES string of the molecule is CCn1cc[n+](C)c1-c1c2[n+](C)c(c(-c3n(CC)cc[n+]3C)c3ccc4c(-c5n(CC)cc[n+]5C)c5[n+](C)c(c(-c6n(CC)cc[n+]6C)c6ccc1n6n34)C=C5)C=C2. The van der Waals surface area contributed by atoms with Crippen LogP contribution in [0.15, 0.2) is 73.8 Å². The molecule has 12 nitrogen and oxygen atoms in total. The van der Waals surface area contributed by atoms with Crippen molar-refractivity contribution in [2.24, 2.45) is 42.3 Å². The number of hydrogen-bond donors (Lipinski definition) is 0. The van der Waals surface area contributed by atoms with Crippen molar-refractivity contribution >= 4 is 46.4 Å². The van der Waals surface area contributed by atoms with E-state index in [-0.39, 0.29) is 0 Å². The Kier molecular flexibility index (Phi) is 8.02. The van der Waals surface area contributed by atoms with Crippen LogP contribution in [0.5, 0.6) is 0 Å². The number of fused-ring (bicyclic) bond motifs is 4. The molecule has 58 heavy (non-hydrogen) atoms. The van der Waals surface area contributed by atoms with E-state index in [2.05, 4.69) is 223 Å². The van der Waals surface area contributed by atoms with Crippen LogP contribution in [-0.4, -0.2) is 27.3 Å². The van der Waals surface area contributed by atoms with Crippen LogP contribution in [-0.2, 0) is 68.5 Å². The van der Waals surface area contributed by atoms with Gasteiger partial charge in [-0.2, -0.15) is 9.13 Å². The zero-order valence-corrected chi connectivity index (χ0v) is 35.4. The van der Waals surface area contributed by atoms with E-state index in [9.17, 15) is 0 Å². The number of imidazole rings is 4. The van der Waals surface area contributed by atoms with Crippen LogP contribution in [0.1, 0.15) is 50.5 Å². The van der Waals surface area contributed by atoms with Gasteiger partial charge in [-0.1, -0.05) is 0 Å². The Labute approximate surface area is 338 Å². The highest BCUT2D eigenvalue weighted by Crippen LogP contribution is 2.39. The molecule has 8 aromatic heterocycles. The van der Waals surface area contributed by atoms with Gasteiger partial charge in [-0.05, 0) is 52.0 Å². The molecule has 4 bridgehead atoms. The van der Waals surface area contributed by atoms with E-state index >= 15 is 0 Å². The predicted octanol–water partition coefficient (Wildman–Crippen LogP) is 4.34. The third-order valence-electron chi connectivity index (χ3n) is 12.8. The van der Waals surface area contributed by atoms with Gasteiger partial charge < -0.3 is 0 Å². The van der Waals surface area contributed by atoms with Crippen LogP contribution in [0.2, 0.25) is 0 Å². The number of rotatable bonds is 8. The maximum Gasteiger partial charge on any atom is 0.297 e. The lowest BCUT2D eigenvalue weighted by molar-refractivity contribution is -0.676. The summed E-state index contributed by atoms with van der Waals surface area (Å²) < 4.78 is 28.5. The molecular weight excluding hydrogens is 721 g/mol. The van der Waals surface area contributed by atoms with E-state index in [1.807, 2.05) is 0 Å². The lowest BCUT2D eigenvalue weighted by Gasteiger charge is -2.09. The van der Waals surface area contributed by atoms with Crippen molar-refractivity contribution in [3.8, 4) is 45.6 Å². The molecule has 0 atom stereocenters. The molecule has 0 fully saturated rings. The topological polar surface area (TPSA) is 51.8 Å². The van der Waals surface area contributed by atoms with Crippen molar-refractivity contribution in [2.75, 3.05) is 0 Å². The van der Waals surface area contributed by atoms with Gasteiger partial charge in [-0.15, -0.1) is 0 Å².